The van der Waals surface area contributed by atoms with E-state index in [1.165, 1.54) is 9.13 Å². The number of para-hydroxylation sites is 1. The third kappa shape index (κ3) is 4.19. The summed E-state index contributed by atoms with van der Waals surface area (Å²) in [6.07, 6.45) is 0. The lowest BCUT2D eigenvalue weighted by atomic mass is 10.2. The molecule has 0 atom stereocenters. The maximum atomic E-state index is 13.4. The van der Waals surface area contributed by atoms with E-state index in [0.29, 0.717) is 17.1 Å². The molecular formula is C24H19BrN4O2S. The van der Waals surface area contributed by atoms with Crippen molar-refractivity contribution < 1.29 is 5.11 Å². The van der Waals surface area contributed by atoms with Gasteiger partial charge in [-0.2, -0.15) is 5.11 Å². The van der Waals surface area contributed by atoms with E-state index in [0.717, 1.165) is 15.6 Å². The molecule has 1 aromatic heterocycles. The van der Waals surface area contributed by atoms with Crippen LogP contribution in [0.2, 0.25) is 0 Å². The molecule has 0 bridgehead atoms. The van der Waals surface area contributed by atoms with Gasteiger partial charge in [0.05, 0.1) is 17.1 Å². The van der Waals surface area contributed by atoms with Crippen LogP contribution in [0.4, 0.5) is 11.4 Å². The van der Waals surface area contributed by atoms with Crippen molar-refractivity contribution in [3.05, 3.63) is 104 Å². The van der Waals surface area contributed by atoms with Crippen molar-refractivity contribution in [1.29, 1.82) is 0 Å². The Morgan fingerprint density at radius 1 is 0.875 bits per heavy atom. The molecule has 0 fully saturated rings. The molecule has 0 aliphatic heterocycles. The number of halogens is 1. The first-order chi connectivity index (χ1) is 15.4. The van der Waals surface area contributed by atoms with Crippen LogP contribution >= 0.6 is 28.1 Å². The normalized spacial score (nSPS) is 11.2. The molecule has 0 spiro atoms. The molecule has 1 N–H and O–H groups in total. The van der Waals surface area contributed by atoms with Gasteiger partial charge in [0.15, 0.2) is 4.77 Å². The summed E-state index contributed by atoms with van der Waals surface area (Å²) in [4.78, 5) is 13.4. The van der Waals surface area contributed by atoms with Crippen molar-refractivity contribution in [2.75, 3.05) is 0 Å². The number of azo groups is 1. The molecule has 0 radical (unpaired) electrons. The molecule has 6 nitrogen and oxygen atoms in total. The monoisotopic (exact) mass is 506 g/mol. The zero-order chi connectivity index (χ0) is 22.8. The van der Waals surface area contributed by atoms with Gasteiger partial charge in [0.25, 0.3) is 5.56 Å². The highest BCUT2D eigenvalue weighted by Crippen LogP contribution is 2.30. The van der Waals surface area contributed by atoms with Gasteiger partial charge in [0, 0.05) is 4.47 Å². The average Bonchev–Trinajstić information content (AvgIpc) is 2.77. The van der Waals surface area contributed by atoms with Crippen LogP contribution in [0.25, 0.3) is 11.4 Å². The van der Waals surface area contributed by atoms with E-state index in [9.17, 15) is 9.90 Å². The molecule has 0 saturated heterocycles. The van der Waals surface area contributed by atoms with Crippen LogP contribution in [0.1, 0.15) is 11.1 Å². The van der Waals surface area contributed by atoms with Crippen molar-refractivity contribution in [2.45, 2.75) is 13.8 Å². The molecule has 0 aliphatic rings. The van der Waals surface area contributed by atoms with Crippen LogP contribution in [0.3, 0.4) is 0 Å². The molecule has 8 heteroatoms. The molecule has 0 amide bonds. The third-order valence-corrected chi connectivity index (χ3v) is 5.85. The predicted molar refractivity (Wildman–Crippen MR) is 132 cm³/mol. The first-order valence-corrected chi connectivity index (χ1v) is 11.0. The van der Waals surface area contributed by atoms with Gasteiger partial charge in [-0.3, -0.25) is 13.9 Å². The molecule has 160 valence electrons. The number of aromatic hydroxyl groups is 1. The Balaban J connectivity index is 2.01. The van der Waals surface area contributed by atoms with Gasteiger partial charge in [-0.25, -0.2) is 0 Å². The van der Waals surface area contributed by atoms with Gasteiger partial charge >= 0.3 is 0 Å². The highest BCUT2D eigenvalue weighted by molar-refractivity contribution is 9.10. The Morgan fingerprint density at radius 3 is 2.19 bits per heavy atom. The summed E-state index contributed by atoms with van der Waals surface area (Å²) in [5.74, 6) is -0.362. The Bertz CT molecular complexity index is 1440. The van der Waals surface area contributed by atoms with E-state index in [2.05, 4.69) is 26.2 Å². The Labute approximate surface area is 198 Å². The van der Waals surface area contributed by atoms with Crippen molar-refractivity contribution in [1.82, 2.24) is 9.13 Å². The van der Waals surface area contributed by atoms with Gasteiger partial charge in [-0.05, 0) is 74.1 Å². The lowest BCUT2D eigenvalue weighted by Gasteiger charge is -2.17. The number of hydrogen-bond acceptors (Lipinski definition) is 5. The van der Waals surface area contributed by atoms with Crippen LogP contribution < -0.4 is 5.56 Å². The van der Waals surface area contributed by atoms with Gasteiger partial charge in [-0.1, -0.05) is 51.8 Å². The zero-order valence-corrected chi connectivity index (χ0v) is 19.8. The topological polar surface area (TPSA) is 71.9 Å². The fourth-order valence-electron chi connectivity index (χ4n) is 3.24. The van der Waals surface area contributed by atoms with E-state index in [-0.39, 0.29) is 16.3 Å². The Hall–Kier alpha value is -3.36. The molecule has 4 rings (SSSR count). The summed E-state index contributed by atoms with van der Waals surface area (Å²) >= 11 is 9.06. The van der Waals surface area contributed by atoms with Crippen LogP contribution in [0.5, 0.6) is 5.88 Å². The summed E-state index contributed by atoms with van der Waals surface area (Å²) in [6, 6.07) is 22.0. The maximum Gasteiger partial charge on any atom is 0.290 e. The number of hydrogen-bond donors (Lipinski definition) is 1. The average molecular weight is 507 g/mol. The summed E-state index contributed by atoms with van der Waals surface area (Å²) in [6.45, 7) is 3.87. The van der Waals surface area contributed by atoms with Crippen LogP contribution in [0.15, 0.2) is 92.3 Å². The van der Waals surface area contributed by atoms with Crippen molar-refractivity contribution in [3.8, 4) is 17.3 Å². The number of aryl methyl sites for hydroxylation is 2. The van der Waals surface area contributed by atoms with Crippen molar-refractivity contribution in [2.24, 2.45) is 10.2 Å². The quantitative estimate of drug-likeness (QED) is 0.242. The lowest BCUT2D eigenvalue weighted by Crippen LogP contribution is -2.23. The lowest BCUT2D eigenvalue weighted by molar-refractivity contribution is 0.432. The highest BCUT2D eigenvalue weighted by atomic mass is 79.9. The van der Waals surface area contributed by atoms with Crippen molar-refractivity contribution in [3.63, 3.8) is 0 Å². The fraction of sp³-hybridized carbons (Fsp3) is 0.0833. The molecule has 3 aromatic carbocycles. The first kappa shape index (κ1) is 21.9. The Morgan fingerprint density at radius 2 is 1.53 bits per heavy atom. The standard InChI is InChI=1S/C24H19BrN4O2S/c1-15-7-11-18(12-8-15)26-27-21-22(30)28(19-13-9-17(25)10-14-19)24(32)29(23(21)31)20-6-4-3-5-16(20)2/h3-14,31H,1-2H3. The van der Waals surface area contributed by atoms with Gasteiger partial charge in [0.1, 0.15) is 0 Å². The number of benzene rings is 3. The minimum absolute atomic E-state index is 0.124. The second-order valence-electron chi connectivity index (χ2n) is 7.23. The summed E-state index contributed by atoms with van der Waals surface area (Å²) in [7, 11) is 0. The zero-order valence-electron chi connectivity index (χ0n) is 17.4. The molecule has 32 heavy (non-hydrogen) atoms. The number of nitrogens with zero attached hydrogens (tertiary/aromatic N) is 4. The summed E-state index contributed by atoms with van der Waals surface area (Å²) < 4.78 is 3.78. The predicted octanol–water partition coefficient (Wildman–Crippen LogP) is 6.86. The van der Waals surface area contributed by atoms with E-state index in [1.54, 1.807) is 24.3 Å². The highest BCUT2D eigenvalue weighted by Gasteiger charge is 2.20. The SMILES string of the molecule is Cc1ccc(N=Nc2c(O)n(-c3ccccc3C)c(=S)n(-c3ccc(Br)cc3)c2=O)cc1. The fourth-order valence-corrected chi connectivity index (χ4v) is 3.88. The Kier molecular flexibility index (Phi) is 6.16. The van der Waals surface area contributed by atoms with E-state index < -0.39 is 5.56 Å². The summed E-state index contributed by atoms with van der Waals surface area (Å²) in [5, 5.41) is 19.4. The summed E-state index contributed by atoms with van der Waals surface area (Å²) in [5.41, 5.74) is 2.96. The third-order valence-electron chi connectivity index (χ3n) is 4.95. The van der Waals surface area contributed by atoms with Gasteiger partial charge in [-0.15, -0.1) is 5.11 Å². The number of rotatable bonds is 4. The molecule has 1 heterocycles. The van der Waals surface area contributed by atoms with E-state index in [4.69, 9.17) is 12.2 Å². The maximum absolute atomic E-state index is 13.4. The minimum atomic E-state index is -0.560. The molecule has 4 aromatic rings. The van der Waals surface area contributed by atoms with Gasteiger partial charge < -0.3 is 5.11 Å². The van der Waals surface area contributed by atoms with Crippen molar-refractivity contribution >= 4 is 39.5 Å². The van der Waals surface area contributed by atoms with E-state index in [1.807, 2.05) is 62.4 Å². The number of aromatic nitrogens is 2. The minimum Gasteiger partial charge on any atom is -0.492 e. The molecular weight excluding hydrogens is 488 g/mol. The molecule has 0 aliphatic carbocycles. The van der Waals surface area contributed by atoms with Crippen LogP contribution in [-0.4, -0.2) is 14.2 Å². The smallest absolute Gasteiger partial charge is 0.290 e. The van der Waals surface area contributed by atoms with Gasteiger partial charge in [0.2, 0.25) is 11.6 Å². The van der Waals surface area contributed by atoms with Crippen LogP contribution in [-0.2, 0) is 0 Å². The second kappa shape index (κ2) is 9.02. The largest absolute Gasteiger partial charge is 0.492 e. The van der Waals surface area contributed by atoms with Crippen LogP contribution in [0, 0.1) is 18.6 Å². The second-order valence-corrected chi connectivity index (χ2v) is 8.51. The molecule has 0 unspecified atom stereocenters. The molecule has 0 saturated carbocycles. The first-order valence-electron chi connectivity index (χ1n) is 9.78. The van der Waals surface area contributed by atoms with E-state index >= 15 is 0 Å².